The van der Waals surface area contributed by atoms with E-state index in [1.807, 2.05) is 13.0 Å². The first-order valence-electron chi connectivity index (χ1n) is 8.85. The van der Waals surface area contributed by atoms with Gasteiger partial charge >= 0.3 is 0 Å². The zero-order valence-electron chi connectivity index (χ0n) is 15.0. The van der Waals surface area contributed by atoms with Crippen molar-refractivity contribution in [2.45, 2.75) is 72.6 Å². The molecule has 1 aliphatic carbocycles. The van der Waals surface area contributed by atoms with Crippen LogP contribution in [0.25, 0.3) is 0 Å². The molecule has 1 fully saturated rings. The van der Waals surface area contributed by atoms with Gasteiger partial charge in [-0.15, -0.1) is 0 Å². The van der Waals surface area contributed by atoms with Crippen LogP contribution in [0.3, 0.4) is 0 Å². The molecule has 0 aliphatic heterocycles. The summed E-state index contributed by atoms with van der Waals surface area (Å²) in [6.45, 7) is 8.46. The maximum Gasteiger partial charge on any atom is 0.139 e. The smallest absolute Gasteiger partial charge is 0.139 e. The van der Waals surface area contributed by atoms with Crippen LogP contribution in [0.15, 0.2) is 23.0 Å². The molecule has 0 bridgehead atoms. The summed E-state index contributed by atoms with van der Waals surface area (Å²) in [6, 6.07) is 1.92. The number of carbonyl (C=O) groups is 2. The van der Waals surface area contributed by atoms with Crippen LogP contribution in [0.2, 0.25) is 0 Å². The zero-order chi connectivity index (χ0) is 17.1. The molecule has 1 aromatic rings. The molecule has 23 heavy (non-hydrogen) atoms. The van der Waals surface area contributed by atoms with Gasteiger partial charge in [-0.05, 0) is 42.2 Å². The van der Waals surface area contributed by atoms with Crippen molar-refractivity contribution in [1.82, 2.24) is 0 Å². The third-order valence-electron chi connectivity index (χ3n) is 5.91. The van der Waals surface area contributed by atoms with Gasteiger partial charge in [-0.3, -0.25) is 9.59 Å². The minimum absolute atomic E-state index is 0.0448. The maximum absolute atomic E-state index is 13.0. The molecular weight excluding hydrogens is 288 g/mol. The van der Waals surface area contributed by atoms with Crippen LogP contribution in [0.5, 0.6) is 0 Å². The molecule has 1 aliphatic rings. The van der Waals surface area contributed by atoms with E-state index in [9.17, 15) is 9.59 Å². The van der Waals surface area contributed by atoms with Gasteiger partial charge in [0.1, 0.15) is 11.6 Å². The second-order valence-corrected chi connectivity index (χ2v) is 7.96. The van der Waals surface area contributed by atoms with Gasteiger partial charge in [0.2, 0.25) is 0 Å². The lowest BCUT2D eigenvalue weighted by atomic mass is 9.53. The van der Waals surface area contributed by atoms with E-state index in [1.165, 1.54) is 0 Å². The molecule has 1 aromatic heterocycles. The third-order valence-corrected chi connectivity index (χ3v) is 5.91. The lowest BCUT2D eigenvalue weighted by Gasteiger charge is -2.50. The van der Waals surface area contributed by atoms with Gasteiger partial charge in [-0.25, -0.2) is 0 Å². The van der Waals surface area contributed by atoms with E-state index in [-0.39, 0.29) is 22.5 Å². The van der Waals surface area contributed by atoms with Crippen molar-refractivity contribution in [3.05, 3.63) is 24.2 Å². The first-order valence-corrected chi connectivity index (χ1v) is 8.85. The second-order valence-electron chi connectivity index (χ2n) is 7.96. The molecule has 2 unspecified atom stereocenters. The summed E-state index contributed by atoms with van der Waals surface area (Å²) in [5.74, 6) is 0.729. The Labute approximate surface area is 139 Å². The van der Waals surface area contributed by atoms with Gasteiger partial charge in [0, 0.05) is 24.7 Å². The Kier molecular flexibility index (Phi) is 5.49. The molecule has 2 rings (SSSR count). The number of aryl methyl sites for hydroxylation is 1. The van der Waals surface area contributed by atoms with E-state index in [1.54, 1.807) is 12.5 Å². The van der Waals surface area contributed by atoms with Crippen LogP contribution in [0, 0.1) is 16.7 Å². The van der Waals surface area contributed by atoms with Crippen molar-refractivity contribution in [3.63, 3.8) is 0 Å². The van der Waals surface area contributed by atoms with Crippen molar-refractivity contribution >= 4 is 11.6 Å². The lowest BCUT2D eigenvalue weighted by molar-refractivity contribution is -0.140. The van der Waals surface area contributed by atoms with E-state index < -0.39 is 0 Å². The fourth-order valence-electron chi connectivity index (χ4n) is 4.31. The number of hydrogen-bond donors (Lipinski definition) is 0. The van der Waals surface area contributed by atoms with Crippen LogP contribution in [-0.4, -0.2) is 11.6 Å². The fraction of sp³-hybridized carbons (Fsp3) is 0.700. The van der Waals surface area contributed by atoms with Gasteiger partial charge in [0.05, 0.1) is 12.5 Å². The van der Waals surface area contributed by atoms with E-state index in [0.717, 1.165) is 31.2 Å². The molecule has 3 heteroatoms. The number of Topliss-reactive ketones (excluding diaryl/α,β-unsaturated/α-hetero) is 2. The Bertz CT molecular complexity index is 541. The summed E-state index contributed by atoms with van der Waals surface area (Å²) in [5.41, 5.74) is 0.734. The highest BCUT2D eigenvalue weighted by molar-refractivity contribution is 5.86. The Morgan fingerprint density at radius 3 is 2.61 bits per heavy atom. The Morgan fingerprint density at radius 2 is 2.00 bits per heavy atom. The van der Waals surface area contributed by atoms with Crippen molar-refractivity contribution in [1.29, 1.82) is 0 Å². The van der Waals surface area contributed by atoms with Crippen LogP contribution in [0.4, 0.5) is 0 Å². The molecule has 0 N–H and O–H groups in total. The molecule has 0 radical (unpaired) electrons. The van der Waals surface area contributed by atoms with Crippen molar-refractivity contribution in [3.8, 4) is 0 Å². The summed E-state index contributed by atoms with van der Waals surface area (Å²) in [5, 5.41) is 0. The third kappa shape index (κ3) is 3.94. The van der Waals surface area contributed by atoms with Crippen LogP contribution in [-0.2, 0) is 16.0 Å². The summed E-state index contributed by atoms with van der Waals surface area (Å²) in [4.78, 5) is 25.1. The number of furan rings is 1. The van der Waals surface area contributed by atoms with E-state index in [2.05, 4.69) is 20.8 Å². The van der Waals surface area contributed by atoms with Gasteiger partial charge in [0.15, 0.2) is 0 Å². The van der Waals surface area contributed by atoms with Gasteiger partial charge in [-0.1, -0.05) is 34.1 Å². The first kappa shape index (κ1) is 18.0. The molecule has 0 saturated heterocycles. The van der Waals surface area contributed by atoms with E-state index in [4.69, 9.17) is 4.42 Å². The summed E-state index contributed by atoms with van der Waals surface area (Å²) in [7, 11) is 0. The molecule has 3 nitrogen and oxygen atoms in total. The second kappa shape index (κ2) is 7.02. The molecule has 1 heterocycles. The predicted octanol–water partition coefficient (Wildman–Crippen LogP) is 4.98. The highest BCUT2D eigenvalue weighted by atomic mass is 16.3. The minimum Gasteiger partial charge on any atom is -0.472 e. The number of ketones is 2. The quantitative estimate of drug-likeness (QED) is 0.712. The van der Waals surface area contributed by atoms with E-state index in [0.29, 0.717) is 25.0 Å². The monoisotopic (exact) mass is 318 g/mol. The zero-order valence-corrected chi connectivity index (χ0v) is 15.0. The van der Waals surface area contributed by atoms with Crippen LogP contribution < -0.4 is 0 Å². The van der Waals surface area contributed by atoms with Crippen LogP contribution in [0.1, 0.15) is 71.8 Å². The normalized spacial score (nSPS) is 26.9. The molecule has 0 spiro atoms. The topological polar surface area (TPSA) is 47.3 Å². The standard InChI is InChI=1S/C20H30O3/c1-5-16(21)13-17-19(2,3)10-6-11-20(17,4)18(22)8-7-15-9-12-23-14-15/h9,12,14,17H,5-8,10-11,13H2,1-4H3. The SMILES string of the molecule is CCC(=O)CC1C(C)(C)CCCC1(C)C(=O)CCc1ccoc1. The Hall–Kier alpha value is -1.38. The van der Waals surface area contributed by atoms with Gasteiger partial charge in [0.25, 0.3) is 0 Å². The van der Waals surface area contributed by atoms with Gasteiger partial charge in [-0.2, -0.15) is 0 Å². The number of hydrogen-bond acceptors (Lipinski definition) is 3. The predicted molar refractivity (Wildman–Crippen MR) is 91.2 cm³/mol. The summed E-state index contributed by atoms with van der Waals surface area (Å²) in [6.07, 6.45) is 8.78. The average molecular weight is 318 g/mol. The van der Waals surface area contributed by atoms with Crippen molar-refractivity contribution < 1.29 is 14.0 Å². The highest BCUT2D eigenvalue weighted by Crippen LogP contribution is 2.53. The molecule has 0 aromatic carbocycles. The number of rotatable bonds is 7. The molecule has 2 atom stereocenters. The van der Waals surface area contributed by atoms with Crippen molar-refractivity contribution in [2.24, 2.45) is 16.7 Å². The largest absolute Gasteiger partial charge is 0.472 e. The van der Waals surface area contributed by atoms with Gasteiger partial charge < -0.3 is 4.42 Å². The fourth-order valence-corrected chi connectivity index (χ4v) is 4.31. The Balaban J connectivity index is 2.15. The molecule has 1 saturated carbocycles. The highest BCUT2D eigenvalue weighted by Gasteiger charge is 2.50. The summed E-state index contributed by atoms with van der Waals surface area (Å²) < 4.78 is 5.08. The van der Waals surface area contributed by atoms with E-state index >= 15 is 0 Å². The summed E-state index contributed by atoms with van der Waals surface area (Å²) >= 11 is 0. The molecule has 128 valence electrons. The molecular formula is C20H30O3. The molecule has 0 amide bonds. The average Bonchev–Trinajstić information content (AvgIpc) is 3.01. The minimum atomic E-state index is -0.379. The van der Waals surface area contributed by atoms with Crippen LogP contribution >= 0.6 is 0 Å². The first-order chi connectivity index (χ1) is 10.8. The number of carbonyl (C=O) groups excluding carboxylic acids is 2. The lowest BCUT2D eigenvalue weighted by Crippen LogP contribution is -2.47. The maximum atomic E-state index is 13.0. The van der Waals surface area contributed by atoms with Crippen molar-refractivity contribution in [2.75, 3.05) is 0 Å². The Morgan fingerprint density at radius 1 is 1.26 bits per heavy atom.